The minimum Gasteiger partial charge on any atom is -0.396 e. The number of nitrogens with zero attached hydrogens (tertiary/aromatic N) is 2. The average Bonchev–Trinajstić information content (AvgIpc) is 3.05. The van der Waals surface area contributed by atoms with Crippen molar-refractivity contribution in [2.45, 2.75) is 72.8 Å². The Morgan fingerprint density at radius 1 is 1.20 bits per heavy atom. The third-order valence-electron chi connectivity index (χ3n) is 4.81. The van der Waals surface area contributed by atoms with Crippen molar-refractivity contribution in [2.24, 2.45) is 10.4 Å². The second-order valence-electron chi connectivity index (χ2n) is 7.61. The largest absolute Gasteiger partial charge is 0.396 e. The molecule has 25 heavy (non-hydrogen) atoms. The SMILES string of the molecule is CCNC(=NCc1nc(C(C)(C)C)cs1)NCC(CC)(CC)CCO. The van der Waals surface area contributed by atoms with E-state index in [0.29, 0.717) is 6.54 Å². The van der Waals surface area contributed by atoms with Gasteiger partial charge in [-0.2, -0.15) is 0 Å². The molecule has 0 unspecified atom stereocenters. The summed E-state index contributed by atoms with van der Waals surface area (Å²) in [5, 5.41) is 19.3. The van der Waals surface area contributed by atoms with Gasteiger partial charge in [0.05, 0.1) is 12.2 Å². The third-order valence-corrected chi connectivity index (χ3v) is 5.64. The monoisotopic (exact) mass is 368 g/mol. The number of aliphatic imine (C=N–C) groups is 1. The van der Waals surface area contributed by atoms with E-state index in [0.717, 1.165) is 49.0 Å². The van der Waals surface area contributed by atoms with E-state index in [1.54, 1.807) is 11.3 Å². The van der Waals surface area contributed by atoms with Gasteiger partial charge in [-0.25, -0.2) is 9.98 Å². The van der Waals surface area contributed by atoms with E-state index in [2.05, 4.69) is 57.6 Å². The zero-order valence-electron chi connectivity index (χ0n) is 16.8. The maximum absolute atomic E-state index is 9.37. The molecule has 1 aromatic heterocycles. The van der Waals surface area contributed by atoms with Gasteiger partial charge in [-0.1, -0.05) is 34.6 Å². The van der Waals surface area contributed by atoms with E-state index in [9.17, 15) is 5.11 Å². The molecule has 1 aromatic rings. The minimum atomic E-state index is 0.0767. The van der Waals surface area contributed by atoms with Gasteiger partial charge in [0.1, 0.15) is 5.01 Å². The smallest absolute Gasteiger partial charge is 0.191 e. The first-order valence-corrected chi connectivity index (χ1v) is 10.3. The lowest BCUT2D eigenvalue weighted by Crippen LogP contribution is -2.43. The number of hydrogen-bond donors (Lipinski definition) is 3. The Balaban J connectivity index is 2.75. The third kappa shape index (κ3) is 6.94. The molecule has 0 spiro atoms. The Morgan fingerprint density at radius 2 is 1.88 bits per heavy atom. The number of aliphatic hydroxyl groups excluding tert-OH is 1. The Kier molecular flexibility index (Phi) is 8.86. The Labute approximate surface area is 157 Å². The van der Waals surface area contributed by atoms with Crippen LogP contribution in [0, 0.1) is 5.41 Å². The Morgan fingerprint density at radius 3 is 2.36 bits per heavy atom. The lowest BCUT2D eigenvalue weighted by atomic mass is 9.79. The van der Waals surface area contributed by atoms with Gasteiger partial charge in [0.25, 0.3) is 0 Å². The number of nitrogens with one attached hydrogen (secondary N) is 2. The van der Waals surface area contributed by atoms with Crippen LogP contribution in [0.5, 0.6) is 0 Å². The number of guanidine groups is 1. The Hall–Kier alpha value is -1.14. The van der Waals surface area contributed by atoms with Crippen LogP contribution in [0.3, 0.4) is 0 Å². The maximum Gasteiger partial charge on any atom is 0.191 e. The molecule has 144 valence electrons. The number of aromatic nitrogens is 1. The standard InChI is InChI=1S/C19H36N4OS/c1-7-19(8-2,10-11-24)14-22-17(20-9-3)21-12-16-23-15(13-25-16)18(4,5)6/h13,24H,7-12,14H2,1-6H3,(H2,20,21,22). The average molecular weight is 369 g/mol. The number of thiazole rings is 1. The topological polar surface area (TPSA) is 69.5 Å². The van der Waals surface area contributed by atoms with Crippen LogP contribution in [0.1, 0.15) is 71.5 Å². The van der Waals surface area contributed by atoms with Crippen molar-refractivity contribution in [3.63, 3.8) is 0 Å². The second kappa shape index (κ2) is 10.1. The summed E-state index contributed by atoms with van der Waals surface area (Å²) in [6.45, 7) is 15.4. The number of hydrogen-bond acceptors (Lipinski definition) is 4. The summed E-state index contributed by atoms with van der Waals surface area (Å²) < 4.78 is 0. The van der Waals surface area contributed by atoms with Crippen molar-refractivity contribution in [3.05, 3.63) is 16.1 Å². The van der Waals surface area contributed by atoms with Crippen molar-refractivity contribution in [1.82, 2.24) is 15.6 Å². The molecule has 0 saturated carbocycles. The summed E-state index contributed by atoms with van der Waals surface area (Å²) in [7, 11) is 0. The van der Waals surface area contributed by atoms with Crippen LogP contribution in [0.4, 0.5) is 0 Å². The predicted octanol–water partition coefficient (Wildman–Crippen LogP) is 3.68. The van der Waals surface area contributed by atoms with Crippen molar-refractivity contribution >= 4 is 17.3 Å². The lowest BCUT2D eigenvalue weighted by Gasteiger charge is -2.32. The first-order valence-electron chi connectivity index (χ1n) is 9.38. The molecule has 0 radical (unpaired) electrons. The zero-order valence-corrected chi connectivity index (χ0v) is 17.6. The molecule has 6 heteroatoms. The van der Waals surface area contributed by atoms with E-state index >= 15 is 0 Å². The molecule has 0 saturated heterocycles. The highest BCUT2D eigenvalue weighted by atomic mass is 32.1. The fourth-order valence-electron chi connectivity index (χ4n) is 2.67. The molecule has 3 N–H and O–H groups in total. The summed E-state index contributed by atoms with van der Waals surface area (Å²) in [4.78, 5) is 9.40. The minimum absolute atomic E-state index is 0.0767. The maximum atomic E-state index is 9.37. The van der Waals surface area contributed by atoms with Crippen molar-refractivity contribution in [3.8, 4) is 0 Å². The van der Waals surface area contributed by atoms with Crippen LogP contribution in [-0.4, -0.2) is 35.7 Å². The van der Waals surface area contributed by atoms with Crippen LogP contribution in [0.25, 0.3) is 0 Å². The first-order chi connectivity index (χ1) is 11.8. The lowest BCUT2D eigenvalue weighted by molar-refractivity contribution is 0.169. The molecule has 0 fully saturated rings. The molecular weight excluding hydrogens is 332 g/mol. The van der Waals surface area contributed by atoms with Gasteiger partial charge < -0.3 is 15.7 Å². The Bertz CT molecular complexity index is 530. The first kappa shape index (κ1) is 21.9. The molecular formula is C19H36N4OS. The van der Waals surface area contributed by atoms with Crippen LogP contribution in [-0.2, 0) is 12.0 Å². The normalized spacial score (nSPS) is 13.2. The molecule has 5 nitrogen and oxygen atoms in total. The summed E-state index contributed by atoms with van der Waals surface area (Å²) in [5.41, 5.74) is 1.32. The van der Waals surface area contributed by atoms with E-state index in [1.165, 1.54) is 0 Å². The van der Waals surface area contributed by atoms with Gasteiger partial charge in [-0.05, 0) is 31.6 Å². The predicted molar refractivity (Wildman–Crippen MR) is 108 cm³/mol. The van der Waals surface area contributed by atoms with Gasteiger partial charge in [-0.3, -0.25) is 0 Å². The van der Waals surface area contributed by atoms with Crippen molar-refractivity contribution < 1.29 is 5.11 Å². The summed E-state index contributed by atoms with van der Waals surface area (Å²) in [5.74, 6) is 0.819. The highest BCUT2D eigenvalue weighted by Crippen LogP contribution is 2.29. The molecule has 0 aliphatic rings. The molecule has 1 heterocycles. The molecule has 0 aliphatic carbocycles. The molecule has 0 atom stereocenters. The molecule has 0 amide bonds. The fraction of sp³-hybridized carbons (Fsp3) is 0.789. The summed E-state index contributed by atoms with van der Waals surface area (Å²) >= 11 is 1.67. The second-order valence-corrected chi connectivity index (χ2v) is 8.55. The van der Waals surface area contributed by atoms with Crippen molar-refractivity contribution in [1.29, 1.82) is 0 Å². The van der Waals surface area contributed by atoms with Crippen LogP contribution in [0.15, 0.2) is 10.4 Å². The highest BCUT2D eigenvalue weighted by molar-refractivity contribution is 7.09. The molecule has 0 aromatic carbocycles. The van der Waals surface area contributed by atoms with Crippen LogP contribution >= 0.6 is 11.3 Å². The van der Waals surface area contributed by atoms with E-state index in [-0.39, 0.29) is 17.4 Å². The molecule has 0 bridgehead atoms. The van der Waals surface area contributed by atoms with E-state index in [1.807, 2.05) is 0 Å². The van der Waals surface area contributed by atoms with Gasteiger partial charge in [0.2, 0.25) is 0 Å². The summed E-state index contributed by atoms with van der Waals surface area (Å²) in [6.07, 6.45) is 2.89. The van der Waals surface area contributed by atoms with Crippen LogP contribution < -0.4 is 10.6 Å². The quantitative estimate of drug-likeness (QED) is 0.459. The van der Waals surface area contributed by atoms with Crippen molar-refractivity contribution in [2.75, 3.05) is 19.7 Å². The highest BCUT2D eigenvalue weighted by Gasteiger charge is 2.25. The van der Waals surface area contributed by atoms with Crippen LogP contribution in [0.2, 0.25) is 0 Å². The number of rotatable bonds is 9. The van der Waals surface area contributed by atoms with E-state index < -0.39 is 0 Å². The van der Waals surface area contributed by atoms with Gasteiger partial charge in [0, 0.05) is 30.5 Å². The molecule has 0 aliphatic heterocycles. The molecule has 1 rings (SSSR count). The van der Waals surface area contributed by atoms with Gasteiger partial charge in [-0.15, -0.1) is 11.3 Å². The van der Waals surface area contributed by atoms with Gasteiger partial charge >= 0.3 is 0 Å². The van der Waals surface area contributed by atoms with Gasteiger partial charge in [0.15, 0.2) is 5.96 Å². The fourth-order valence-corrected chi connectivity index (χ4v) is 3.61. The zero-order chi connectivity index (χ0) is 18.9. The van der Waals surface area contributed by atoms with E-state index in [4.69, 9.17) is 9.98 Å². The summed E-state index contributed by atoms with van der Waals surface area (Å²) in [6, 6.07) is 0. The number of aliphatic hydroxyl groups is 1.